The van der Waals surface area contributed by atoms with Gasteiger partial charge in [-0.3, -0.25) is 29.1 Å². The number of nitrogens with zero attached hydrogens (tertiary/aromatic N) is 6. The number of amides is 3. The lowest BCUT2D eigenvalue weighted by Crippen LogP contribution is -2.50. The van der Waals surface area contributed by atoms with Crippen molar-refractivity contribution in [1.82, 2.24) is 25.2 Å². The molecule has 2 fully saturated rings. The smallest absolute Gasteiger partial charge is 0.417 e. The predicted molar refractivity (Wildman–Crippen MR) is 267 cm³/mol. The second kappa shape index (κ2) is 23.5. The van der Waals surface area contributed by atoms with E-state index < -0.39 is 64.2 Å². The number of alkyl halides is 3. The van der Waals surface area contributed by atoms with Crippen LogP contribution in [0.4, 0.5) is 24.5 Å². The number of aliphatic hydroxyl groups is 1. The van der Waals surface area contributed by atoms with Crippen molar-refractivity contribution in [3.63, 3.8) is 0 Å². The van der Waals surface area contributed by atoms with Gasteiger partial charge in [-0.05, 0) is 126 Å². The zero-order chi connectivity index (χ0) is 52.5. The van der Waals surface area contributed by atoms with Crippen LogP contribution < -0.4 is 19.9 Å². The summed E-state index contributed by atoms with van der Waals surface area (Å²) in [5.41, 5.74) is 0.0789. The summed E-state index contributed by atoms with van der Waals surface area (Å²) in [4.78, 5) is 70.3. The van der Waals surface area contributed by atoms with Crippen molar-refractivity contribution >= 4 is 52.2 Å². The van der Waals surface area contributed by atoms with Gasteiger partial charge in [-0.2, -0.15) is 18.4 Å². The molecule has 20 heteroatoms. The Balaban J connectivity index is 0.859. The molecule has 2 saturated heterocycles. The Hall–Kier alpha value is -6.27. The van der Waals surface area contributed by atoms with Gasteiger partial charge in [-0.25, -0.2) is 4.98 Å². The van der Waals surface area contributed by atoms with Gasteiger partial charge in [0.15, 0.2) is 10.9 Å². The molecule has 0 radical (unpaired) electrons. The first kappa shape index (κ1) is 55.1. The summed E-state index contributed by atoms with van der Waals surface area (Å²) in [6.45, 7) is 14.1. The minimum atomic E-state index is -4.80. The first-order chi connectivity index (χ1) is 34.0. The molecule has 72 heavy (non-hydrogen) atoms. The number of aromatic amines is 1. The Kier molecular flexibility index (Phi) is 18.0. The number of aliphatic hydroxyl groups excluding tert-OH is 1. The summed E-state index contributed by atoms with van der Waals surface area (Å²) in [6.07, 6.45) is 0.593. The number of carbonyl (C=O) groups excluding carboxylic acids is 4. The number of imidazole rings is 1. The highest BCUT2D eigenvalue weighted by atomic mass is 32.1. The van der Waals surface area contributed by atoms with Gasteiger partial charge in [0, 0.05) is 68.3 Å². The number of ketones is 1. The number of pyridine rings is 1. The van der Waals surface area contributed by atoms with Crippen molar-refractivity contribution in [2.75, 3.05) is 49.4 Å². The predicted octanol–water partition coefficient (Wildman–Crippen LogP) is 8.02. The molecule has 0 aliphatic carbocycles. The number of β-amino-alcohol motifs (C(OH)–C–C–N with tert-alkyl or cyclic N) is 1. The van der Waals surface area contributed by atoms with Crippen LogP contribution >= 0.6 is 12.2 Å². The number of Topliss-reactive ketones (excluding diaryl/α,β-unsaturated/α-hetero) is 1. The fraction of sp³-hybridized carbons (Fsp3) is 0.500. The van der Waals surface area contributed by atoms with Gasteiger partial charge in [0.25, 0.3) is 5.91 Å². The highest BCUT2D eigenvalue weighted by Crippen LogP contribution is 2.40. The molecule has 2 aromatic heterocycles. The molecule has 0 spiro atoms. The second-order valence-electron chi connectivity index (χ2n) is 19.7. The number of unbranched alkanes of at least 4 members (excludes halogenated alkanes) is 2. The first-order valence-corrected chi connectivity index (χ1v) is 24.4. The van der Waals surface area contributed by atoms with E-state index in [9.17, 15) is 42.7 Å². The van der Waals surface area contributed by atoms with Crippen molar-refractivity contribution in [3.05, 3.63) is 89.6 Å². The van der Waals surface area contributed by atoms with E-state index in [1.807, 2.05) is 39.8 Å². The zero-order valence-corrected chi connectivity index (χ0v) is 42.5. The molecule has 6 rings (SSSR count). The summed E-state index contributed by atoms with van der Waals surface area (Å²) >= 11 is 5.63. The number of aromatic nitrogens is 3. The van der Waals surface area contributed by atoms with Crippen molar-refractivity contribution in [2.45, 2.75) is 117 Å². The van der Waals surface area contributed by atoms with Crippen LogP contribution in [-0.4, -0.2) is 111 Å². The number of aryl methyl sites for hydroxylation is 1. The topological polar surface area (TPSA) is 203 Å². The van der Waals surface area contributed by atoms with Gasteiger partial charge < -0.3 is 39.4 Å². The van der Waals surface area contributed by atoms with E-state index in [0.29, 0.717) is 50.0 Å². The number of carbonyl (C=O) groups is 4. The number of ether oxygens (including phenoxy) is 3. The van der Waals surface area contributed by atoms with E-state index in [1.165, 1.54) is 11.0 Å². The average Bonchev–Trinajstić information content (AvgIpc) is 4.00. The lowest BCUT2D eigenvalue weighted by atomic mass is 9.77. The maximum atomic E-state index is 14.1. The number of H-pyrrole nitrogens is 1. The van der Waals surface area contributed by atoms with Crippen LogP contribution in [0, 0.1) is 29.6 Å². The molecule has 2 aromatic carbocycles. The molecular weight excluding hydrogens is 954 g/mol. The molecule has 2 aliphatic heterocycles. The Morgan fingerprint density at radius 2 is 1.65 bits per heavy atom. The molecule has 4 heterocycles. The largest absolute Gasteiger partial charge is 0.494 e. The molecule has 4 aromatic rings. The number of rotatable bonds is 22. The molecule has 0 saturated carbocycles. The van der Waals surface area contributed by atoms with Crippen molar-refractivity contribution < 1.29 is 51.7 Å². The van der Waals surface area contributed by atoms with Gasteiger partial charge in [0.05, 0.1) is 59.4 Å². The number of nitriles is 1. The van der Waals surface area contributed by atoms with E-state index in [0.717, 1.165) is 53.2 Å². The van der Waals surface area contributed by atoms with E-state index >= 15 is 0 Å². The molecule has 3 amide bonds. The van der Waals surface area contributed by atoms with Crippen molar-refractivity contribution in [2.24, 2.45) is 11.3 Å². The summed E-state index contributed by atoms with van der Waals surface area (Å²) in [6, 6.07) is 13.8. The molecule has 2 aliphatic rings. The molecule has 0 bridgehead atoms. The van der Waals surface area contributed by atoms with Crippen LogP contribution in [0.5, 0.6) is 5.75 Å². The SMILES string of the molecule is Cc1[nH]cnc1-c1ccc([C@H](C)NC(=O)[C@@H]2C[C@@H](O)CN2C(=O)[C@@H](CC(=O)COCCCOCCCCCOc2ccc(N3C(=S)N(c4ccc(C#N)c(C(F)(F)F)c4)C(=O)C3(C)C)cc2)C(C)(C)C)nc1. The van der Waals surface area contributed by atoms with Gasteiger partial charge in [0.2, 0.25) is 11.8 Å². The number of halogens is 3. The second-order valence-corrected chi connectivity index (χ2v) is 20.1. The van der Waals surface area contributed by atoms with Crippen LogP contribution in [0.1, 0.15) is 109 Å². The Morgan fingerprint density at radius 1 is 0.972 bits per heavy atom. The first-order valence-electron chi connectivity index (χ1n) is 24.0. The molecule has 4 atom stereocenters. The van der Waals surface area contributed by atoms with Crippen LogP contribution in [0.15, 0.2) is 67.1 Å². The van der Waals surface area contributed by atoms with Gasteiger partial charge in [-0.15, -0.1) is 0 Å². The van der Waals surface area contributed by atoms with Crippen molar-refractivity contribution in [3.8, 4) is 23.1 Å². The van der Waals surface area contributed by atoms with Gasteiger partial charge in [0.1, 0.15) is 23.9 Å². The molecule has 0 unspecified atom stereocenters. The minimum absolute atomic E-state index is 0.00110. The number of likely N-dealkylation sites (tertiary alicyclic amines) is 1. The van der Waals surface area contributed by atoms with Crippen LogP contribution in [0.3, 0.4) is 0 Å². The number of benzene rings is 2. The van der Waals surface area contributed by atoms with Gasteiger partial charge in [-0.1, -0.05) is 20.8 Å². The Labute approximate surface area is 423 Å². The lowest BCUT2D eigenvalue weighted by Gasteiger charge is -2.35. The number of nitrogens with one attached hydrogen (secondary N) is 2. The number of anilines is 2. The monoisotopic (exact) mass is 1020 g/mol. The number of hydrogen-bond acceptors (Lipinski definition) is 12. The lowest BCUT2D eigenvalue weighted by molar-refractivity contribution is -0.147. The van der Waals surface area contributed by atoms with E-state index in [2.05, 4.69) is 20.3 Å². The number of thiocarbonyl (C=S) groups is 1. The summed E-state index contributed by atoms with van der Waals surface area (Å²) in [7, 11) is 0. The molecule has 3 N–H and O–H groups in total. The third-order valence-electron chi connectivity index (χ3n) is 12.8. The fourth-order valence-electron chi connectivity index (χ4n) is 8.77. The highest BCUT2D eigenvalue weighted by Gasteiger charge is 2.51. The maximum absolute atomic E-state index is 14.1. The minimum Gasteiger partial charge on any atom is -0.494 e. The summed E-state index contributed by atoms with van der Waals surface area (Å²) in [5, 5.41) is 22.8. The quantitative estimate of drug-likeness (QED) is 0.0505. The third-order valence-corrected chi connectivity index (χ3v) is 13.2. The normalized spacial score (nSPS) is 17.8. The summed E-state index contributed by atoms with van der Waals surface area (Å²) in [5.74, 6) is -1.70. The molecular formula is C52H63F3N8O8S. The van der Waals surface area contributed by atoms with Crippen molar-refractivity contribution in [1.29, 1.82) is 5.26 Å². The van der Waals surface area contributed by atoms with Crippen LogP contribution in [-0.2, 0) is 34.8 Å². The maximum Gasteiger partial charge on any atom is 0.417 e. The standard InChI is InChI=1S/C52H63F3N8O8S/c1-32(43-19-13-35(28-57-43)45-33(2)58-31-59-45)60-46(66)44-26-38(64)29-61(44)47(67)42(50(3,4)5)25-39(65)30-70-22-11-21-69-20-9-8-10-23-71-40-17-15-36(16-18-40)63-49(72)62(48(68)51(63,6)7)37-14-12-34(27-56)41(24-37)52(53,54)55/h12-19,24,28,31-32,38,42,44,64H,8-11,20-23,25-26,29-30H2,1-7H3,(H,58,59)(H,60,66)/t32-,38+,42+,44-/m0/s1. The fourth-order valence-corrected chi connectivity index (χ4v) is 9.29. The van der Waals surface area contributed by atoms with Gasteiger partial charge >= 0.3 is 6.18 Å². The van der Waals surface area contributed by atoms with E-state index in [1.54, 1.807) is 68.5 Å². The average molecular weight is 1020 g/mol. The molecule has 386 valence electrons. The third kappa shape index (κ3) is 13.2. The molecule has 16 nitrogen and oxygen atoms in total. The van der Waals surface area contributed by atoms with Crippen LogP contribution in [0.2, 0.25) is 0 Å². The Morgan fingerprint density at radius 3 is 2.29 bits per heavy atom. The highest BCUT2D eigenvalue weighted by molar-refractivity contribution is 7.81. The van der Waals surface area contributed by atoms with E-state index in [4.69, 9.17) is 26.4 Å². The van der Waals surface area contributed by atoms with E-state index in [-0.39, 0.29) is 48.5 Å². The van der Waals surface area contributed by atoms with Crippen LogP contribution in [0.25, 0.3) is 11.3 Å². The Bertz CT molecular complexity index is 2610. The number of hydrogen-bond donors (Lipinski definition) is 3. The zero-order valence-electron chi connectivity index (χ0n) is 41.7. The summed E-state index contributed by atoms with van der Waals surface area (Å²) < 4.78 is 58.5.